The third-order valence-electron chi connectivity index (χ3n) is 2.83. The number of carbonyl (C=O) groups excluding carboxylic acids is 1. The number of amides is 1. The fourth-order valence-corrected chi connectivity index (χ4v) is 1.61. The van der Waals surface area contributed by atoms with Gasteiger partial charge in [0.15, 0.2) is 0 Å². The van der Waals surface area contributed by atoms with Crippen molar-refractivity contribution in [1.82, 2.24) is 10.6 Å². The fraction of sp³-hybridized carbons (Fsp3) is 0.923. The zero-order chi connectivity index (χ0) is 13.5. The van der Waals surface area contributed by atoms with Crippen LogP contribution >= 0.6 is 0 Å². The monoisotopic (exact) mass is 244 g/mol. The zero-order valence-corrected chi connectivity index (χ0v) is 12.1. The molecule has 2 N–H and O–H groups in total. The first-order valence-corrected chi connectivity index (χ1v) is 6.50. The van der Waals surface area contributed by atoms with Gasteiger partial charge >= 0.3 is 6.09 Å². The van der Waals surface area contributed by atoms with Crippen LogP contribution < -0.4 is 10.6 Å². The van der Waals surface area contributed by atoms with Crippen molar-refractivity contribution in [3.8, 4) is 0 Å². The molecule has 0 saturated heterocycles. The van der Waals surface area contributed by atoms with Gasteiger partial charge < -0.3 is 15.4 Å². The Balaban J connectivity index is 4.47. The zero-order valence-electron chi connectivity index (χ0n) is 12.1. The van der Waals surface area contributed by atoms with E-state index in [1.165, 1.54) is 0 Å². The topological polar surface area (TPSA) is 50.4 Å². The highest BCUT2D eigenvalue weighted by Crippen LogP contribution is 2.16. The quantitative estimate of drug-likeness (QED) is 0.755. The lowest BCUT2D eigenvalue weighted by Gasteiger charge is -2.34. The second-order valence-corrected chi connectivity index (χ2v) is 5.39. The largest absolute Gasteiger partial charge is 0.444 e. The number of rotatable bonds is 6. The Labute approximate surface area is 105 Å². The summed E-state index contributed by atoms with van der Waals surface area (Å²) in [6.07, 6.45) is 1.44. The van der Waals surface area contributed by atoms with Crippen molar-refractivity contribution >= 4 is 6.09 Å². The Kier molecular flexibility index (Phi) is 6.53. The Morgan fingerprint density at radius 3 is 2.00 bits per heavy atom. The fourth-order valence-electron chi connectivity index (χ4n) is 1.61. The van der Waals surface area contributed by atoms with E-state index in [0.29, 0.717) is 0 Å². The lowest BCUT2D eigenvalue weighted by molar-refractivity contribution is 0.0446. The van der Waals surface area contributed by atoms with Crippen LogP contribution in [0.3, 0.4) is 0 Å². The molecule has 0 atom stereocenters. The van der Waals surface area contributed by atoms with Gasteiger partial charge in [-0.05, 0) is 40.2 Å². The summed E-state index contributed by atoms with van der Waals surface area (Å²) in [5.74, 6) is 0. The molecule has 0 aliphatic heterocycles. The molecular formula is C13H28N2O2. The average Bonchev–Trinajstić information content (AvgIpc) is 2.21. The van der Waals surface area contributed by atoms with Gasteiger partial charge in [0, 0.05) is 6.54 Å². The molecule has 102 valence electrons. The van der Waals surface area contributed by atoms with E-state index in [9.17, 15) is 4.79 Å². The van der Waals surface area contributed by atoms with Crippen molar-refractivity contribution in [2.75, 3.05) is 13.1 Å². The van der Waals surface area contributed by atoms with Crippen LogP contribution in [0.2, 0.25) is 0 Å². The molecule has 0 aliphatic rings. The van der Waals surface area contributed by atoms with Gasteiger partial charge in [0.2, 0.25) is 0 Å². The first kappa shape index (κ1) is 16.2. The normalized spacial score (nSPS) is 12.4. The highest BCUT2D eigenvalue weighted by molar-refractivity contribution is 5.68. The molecule has 17 heavy (non-hydrogen) atoms. The van der Waals surface area contributed by atoms with Crippen molar-refractivity contribution in [3.05, 3.63) is 0 Å². The molecule has 4 heteroatoms. The summed E-state index contributed by atoms with van der Waals surface area (Å²) in [6, 6.07) is 0. The minimum Gasteiger partial charge on any atom is -0.444 e. The van der Waals surface area contributed by atoms with Crippen molar-refractivity contribution in [2.45, 2.75) is 65.5 Å². The molecule has 0 saturated carbocycles. The van der Waals surface area contributed by atoms with Crippen LogP contribution in [0.25, 0.3) is 0 Å². The number of carbonyl (C=O) groups is 1. The molecular weight excluding hydrogens is 216 g/mol. The molecule has 1 amide bonds. The van der Waals surface area contributed by atoms with Gasteiger partial charge in [-0.25, -0.2) is 4.79 Å². The molecule has 0 aromatic heterocycles. The highest BCUT2D eigenvalue weighted by atomic mass is 16.6. The number of likely N-dealkylation sites (N-methyl/N-ethyl adjacent to an activating group) is 1. The highest BCUT2D eigenvalue weighted by Gasteiger charge is 2.29. The molecule has 4 nitrogen and oxygen atoms in total. The van der Waals surface area contributed by atoms with Crippen molar-refractivity contribution in [1.29, 1.82) is 0 Å². The van der Waals surface area contributed by atoms with Crippen LogP contribution in [0.15, 0.2) is 0 Å². The Bertz CT molecular complexity index is 230. The summed E-state index contributed by atoms with van der Waals surface area (Å²) in [6.45, 7) is 13.5. The number of hydrogen-bond donors (Lipinski definition) is 2. The minimum absolute atomic E-state index is 0.210. The SMILES string of the molecule is CCNCC(CC)(CC)NC(=O)OC(C)(C)C. The summed E-state index contributed by atoms with van der Waals surface area (Å²) >= 11 is 0. The van der Waals surface area contributed by atoms with Gasteiger partial charge in [0.1, 0.15) is 5.60 Å². The van der Waals surface area contributed by atoms with Crippen LogP contribution in [-0.4, -0.2) is 30.3 Å². The summed E-state index contributed by atoms with van der Waals surface area (Å²) in [5, 5.41) is 6.29. The number of alkyl carbamates (subject to hydrolysis) is 1. The lowest BCUT2D eigenvalue weighted by Crippen LogP contribution is -2.55. The van der Waals surface area contributed by atoms with E-state index in [2.05, 4.69) is 31.4 Å². The second kappa shape index (κ2) is 6.84. The van der Waals surface area contributed by atoms with Gasteiger partial charge in [-0.2, -0.15) is 0 Å². The molecule has 0 radical (unpaired) electrons. The smallest absolute Gasteiger partial charge is 0.408 e. The lowest BCUT2D eigenvalue weighted by atomic mass is 9.93. The summed E-state index contributed by atoms with van der Waals surface area (Å²) in [7, 11) is 0. The molecule has 0 rings (SSSR count). The minimum atomic E-state index is -0.449. The van der Waals surface area contributed by atoms with Gasteiger partial charge in [0.05, 0.1) is 5.54 Å². The van der Waals surface area contributed by atoms with Gasteiger partial charge in [-0.15, -0.1) is 0 Å². The summed E-state index contributed by atoms with van der Waals surface area (Å²) < 4.78 is 5.30. The summed E-state index contributed by atoms with van der Waals surface area (Å²) in [4.78, 5) is 11.8. The summed E-state index contributed by atoms with van der Waals surface area (Å²) in [5.41, 5.74) is -0.659. The standard InChI is InChI=1S/C13H28N2O2/c1-7-13(8-2,10-14-9-3)15-11(16)17-12(4,5)6/h14H,7-10H2,1-6H3,(H,15,16). The molecule has 0 heterocycles. The van der Waals surface area contributed by atoms with E-state index >= 15 is 0 Å². The molecule has 0 bridgehead atoms. The van der Waals surface area contributed by atoms with E-state index in [1.807, 2.05) is 20.8 Å². The molecule has 0 fully saturated rings. The van der Waals surface area contributed by atoms with Gasteiger partial charge in [-0.3, -0.25) is 0 Å². The van der Waals surface area contributed by atoms with Gasteiger partial charge in [-0.1, -0.05) is 20.8 Å². The second-order valence-electron chi connectivity index (χ2n) is 5.39. The van der Waals surface area contributed by atoms with E-state index in [-0.39, 0.29) is 11.6 Å². The third kappa shape index (κ3) is 6.51. The number of hydrogen-bond acceptors (Lipinski definition) is 3. The van der Waals surface area contributed by atoms with E-state index in [0.717, 1.165) is 25.9 Å². The Morgan fingerprint density at radius 1 is 1.12 bits per heavy atom. The van der Waals surface area contributed by atoms with E-state index in [1.54, 1.807) is 0 Å². The molecule has 0 aromatic carbocycles. The van der Waals surface area contributed by atoms with Crippen molar-refractivity contribution in [3.63, 3.8) is 0 Å². The van der Waals surface area contributed by atoms with Gasteiger partial charge in [0.25, 0.3) is 0 Å². The van der Waals surface area contributed by atoms with Crippen molar-refractivity contribution < 1.29 is 9.53 Å². The Hall–Kier alpha value is -0.770. The van der Waals surface area contributed by atoms with Crippen LogP contribution in [0, 0.1) is 0 Å². The van der Waals surface area contributed by atoms with Crippen LogP contribution in [-0.2, 0) is 4.74 Å². The Morgan fingerprint density at radius 2 is 1.65 bits per heavy atom. The predicted octanol–water partition coefficient (Wildman–Crippen LogP) is 2.68. The molecule has 0 spiro atoms. The third-order valence-corrected chi connectivity index (χ3v) is 2.83. The van der Waals surface area contributed by atoms with Crippen LogP contribution in [0.4, 0.5) is 4.79 Å². The first-order chi connectivity index (χ1) is 7.78. The van der Waals surface area contributed by atoms with Crippen LogP contribution in [0.1, 0.15) is 54.4 Å². The van der Waals surface area contributed by atoms with Crippen molar-refractivity contribution in [2.24, 2.45) is 0 Å². The maximum Gasteiger partial charge on any atom is 0.408 e. The average molecular weight is 244 g/mol. The van der Waals surface area contributed by atoms with Crippen LogP contribution in [0.5, 0.6) is 0 Å². The first-order valence-electron chi connectivity index (χ1n) is 6.50. The van der Waals surface area contributed by atoms with E-state index < -0.39 is 5.60 Å². The number of nitrogens with one attached hydrogen (secondary N) is 2. The number of ether oxygens (including phenoxy) is 1. The molecule has 0 unspecified atom stereocenters. The maximum atomic E-state index is 11.8. The van der Waals surface area contributed by atoms with E-state index in [4.69, 9.17) is 4.74 Å². The predicted molar refractivity (Wildman–Crippen MR) is 71.2 cm³/mol. The molecule has 0 aliphatic carbocycles. The maximum absolute atomic E-state index is 11.8. The molecule has 0 aromatic rings.